The zero-order chi connectivity index (χ0) is 17.6. The number of carbonyl (C=O) groups is 2. The van der Waals surface area contributed by atoms with E-state index in [4.69, 9.17) is 10.5 Å². The molecule has 0 aliphatic carbocycles. The molecule has 0 saturated carbocycles. The van der Waals surface area contributed by atoms with Gasteiger partial charge in [0.25, 0.3) is 11.8 Å². The Morgan fingerprint density at radius 1 is 1.12 bits per heavy atom. The molecule has 25 heavy (non-hydrogen) atoms. The fourth-order valence-corrected chi connectivity index (χ4v) is 2.63. The summed E-state index contributed by atoms with van der Waals surface area (Å²) in [6.45, 7) is 0.304. The van der Waals surface area contributed by atoms with E-state index in [0.29, 0.717) is 17.9 Å². The minimum atomic E-state index is -0.561. The molecular formula is C19H19N3O3. The van der Waals surface area contributed by atoms with Gasteiger partial charge in [0.15, 0.2) is 6.61 Å². The Hall–Kier alpha value is -3.28. The fraction of sp³-hybridized carbons (Fsp3) is 0.158. The number of nitrogens with one attached hydrogen (secondary N) is 2. The highest BCUT2D eigenvalue weighted by Gasteiger charge is 2.08. The van der Waals surface area contributed by atoms with Gasteiger partial charge in [0.05, 0.1) is 0 Å². The van der Waals surface area contributed by atoms with Gasteiger partial charge in [0.1, 0.15) is 5.75 Å². The highest BCUT2D eigenvalue weighted by Crippen LogP contribution is 2.18. The second kappa shape index (κ2) is 7.53. The first-order valence-corrected chi connectivity index (χ1v) is 7.98. The van der Waals surface area contributed by atoms with Gasteiger partial charge in [-0.05, 0) is 36.2 Å². The molecule has 3 rings (SSSR count). The number of carbonyl (C=O) groups excluding carboxylic acids is 2. The molecule has 1 heterocycles. The van der Waals surface area contributed by atoms with Gasteiger partial charge in [-0.15, -0.1) is 0 Å². The standard InChI is InChI=1S/C19H19N3O3/c20-18(23)12-25-15-5-3-4-13(10-15)19(24)21-9-8-14-11-22-17-7-2-1-6-16(14)17/h1-7,10-11,22H,8-9,12H2,(H2,20,23)(H,21,24). The lowest BCUT2D eigenvalue weighted by Crippen LogP contribution is -2.25. The van der Waals surface area contributed by atoms with Crippen molar-refractivity contribution >= 4 is 22.7 Å². The lowest BCUT2D eigenvalue weighted by Gasteiger charge is -2.07. The number of aromatic amines is 1. The average molecular weight is 337 g/mol. The number of hydrogen-bond acceptors (Lipinski definition) is 3. The van der Waals surface area contributed by atoms with Crippen LogP contribution in [0.4, 0.5) is 0 Å². The number of benzene rings is 2. The largest absolute Gasteiger partial charge is 0.484 e. The quantitative estimate of drug-likeness (QED) is 0.615. The Labute approximate surface area is 145 Å². The van der Waals surface area contributed by atoms with Crippen LogP contribution in [0.5, 0.6) is 5.75 Å². The second-order valence-corrected chi connectivity index (χ2v) is 5.65. The topological polar surface area (TPSA) is 97.2 Å². The summed E-state index contributed by atoms with van der Waals surface area (Å²) in [5.74, 6) is -0.318. The number of amides is 2. The van der Waals surface area contributed by atoms with Gasteiger partial charge in [-0.1, -0.05) is 24.3 Å². The lowest BCUT2D eigenvalue weighted by molar-refractivity contribution is -0.119. The van der Waals surface area contributed by atoms with Gasteiger partial charge >= 0.3 is 0 Å². The summed E-state index contributed by atoms with van der Waals surface area (Å²) in [7, 11) is 0. The number of H-pyrrole nitrogens is 1. The van der Waals surface area contributed by atoms with Crippen LogP contribution in [-0.4, -0.2) is 29.9 Å². The normalized spacial score (nSPS) is 10.6. The number of fused-ring (bicyclic) bond motifs is 1. The van der Waals surface area contributed by atoms with Gasteiger partial charge in [-0.25, -0.2) is 0 Å². The van der Waals surface area contributed by atoms with Gasteiger partial charge in [0.2, 0.25) is 0 Å². The molecule has 4 N–H and O–H groups in total. The van der Waals surface area contributed by atoms with Gasteiger partial charge in [0, 0.05) is 29.2 Å². The van der Waals surface area contributed by atoms with Crippen molar-refractivity contribution in [2.24, 2.45) is 5.73 Å². The molecule has 0 unspecified atom stereocenters. The van der Waals surface area contributed by atoms with Crippen LogP contribution in [0, 0.1) is 0 Å². The summed E-state index contributed by atoms with van der Waals surface area (Å²) in [4.78, 5) is 26.2. The van der Waals surface area contributed by atoms with Gasteiger partial charge in [-0.2, -0.15) is 0 Å². The molecule has 2 amide bonds. The summed E-state index contributed by atoms with van der Waals surface area (Å²) in [5.41, 5.74) is 7.76. The van der Waals surface area contributed by atoms with Crippen molar-refractivity contribution in [2.45, 2.75) is 6.42 Å². The predicted molar refractivity (Wildman–Crippen MR) is 95.5 cm³/mol. The molecule has 6 nitrogen and oxygen atoms in total. The summed E-state index contributed by atoms with van der Waals surface area (Å²) < 4.78 is 5.21. The fourth-order valence-electron chi connectivity index (χ4n) is 2.63. The highest BCUT2D eigenvalue weighted by molar-refractivity contribution is 5.94. The molecule has 0 saturated heterocycles. The minimum absolute atomic E-state index is 0.190. The van der Waals surface area contributed by atoms with E-state index in [2.05, 4.69) is 16.4 Å². The number of aromatic nitrogens is 1. The predicted octanol–water partition coefficient (Wildman–Crippen LogP) is 2.00. The molecule has 0 atom stereocenters. The van der Waals surface area contributed by atoms with Crippen LogP contribution in [0.2, 0.25) is 0 Å². The van der Waals surface area contributed by atoms with E-state index in [-0.39, 0.29) is 12.5 Å². The summed E-state index contributed by atoms with van der Waals surface area (Å²) in [5, 5.41) is 4.06. The Morgan fingerprint density at radius 2 is 1.96 bits per heavy atom. The van der Waals surface area contributed by atoms with Gasteiger partial charge < -0.3 is 20.8 Å². The number of para-hydroxylation sites is 1. The maximum Gasteiger partial charge on any atom is 0.255 e. The van der Waals surface area contributed by atoms with Gasteiger partial charge in [-0.3, -0.25) is 9.59 Å². The van der Waals surface area contributed by atoms with Crippen molar-refractivity contribution in [3.63, 3.8) is 0 Å². The van der Waals surface area contributed by atoms with E-state index in [1.165, 1.54) is 5.39 Å². The van der Waals surface area contributed by atoms with Crippen molar-refractivity contribution in [3.05, 3.63) is 65.9 Å². The monoisotopic (exact) mass is 337 g/mol. The number of ether oxygens (including phenoxy) is 1. The zero-order valence-corrected chi connectivity index (χ0v) is 13.6. The molecule has 0 fully saturated rings. The minimum Gasteiger partial charge on any atom is -0.484 e. The average Bonchev–Trinajstić information content (AvgIpc) is 3.03. The van der Waals surface area contributed by atoms with Crippen molar-refractivity contribution in [3.8, 4) is 5.75 Å². The van der Waals surface area contributed by atoms with E-state index in [9.17, 15) is 9.59 Å². The first-order valence-electron chi connectivity index (χ1n) is 7.98. The SMILES string of the molecule is NC(=O)COc1cccc(C(=O)NCCc2c[nH]c3ccccc23)c1. The Bertz CT molecular complexity index is 902. The molecule has 0 radical (unpaired) electrons. The molecule has 2 aromatic carbocycles. The molecular weight excluding hydrogens is 318 g/mol. The van der Waals surface area contributed by atoms with Crippen LogP contribution in [0.3, 0.4) is 0 Å². The van der Waals surface area contributed by atoms with Crippen LogP contribution < -0.4 is 15.8 Å². The van der Waals surface area contributed by atoms with Crippen LogP contribution >= 0.6 is 0 Å². The number of rotatable bonds is 7. The second-order valence-electron chi connectivity index (χ2n) is 5.65. The van der Waals surface area contributed by atoms with Crippen LogP contribution in [0.25, 0.3) is 10.9 Å². The maximum atomic E-state index is 12.3. The van der Waals surface area contributed by atoms with Crippen LogP contribution in [0.15, 0.2) is 54.7 Å². The van der Waals surface area contributed by atoms with Crippen molar-refractivity contribution in [1.82, 2.24) is 10.3 Å². The summed E-state index contributed by atoms with van der Waals surface area (Å²) >= 11 is 0. The third-order valence-electron chi connectivity index (χ3n) is 3.83. The molecule has 0 spiro atoms. The van der Waals surface area contributed by atoms with E-state index in [0.717, 1.165) is 17.5 Å². The Morgan fingerprint density at radius 3 is 2.80 bits per heavy atom. The molecule has 6 heteroatoms. The first kappa shape index (κ1) is 16.6. The third kappa shape index (κ3) is 4.17. The van der Waals surface area contributed by atoms with Crippen molar-refractivity contribution in [2.75, 3.05) is 13.2 Å². The van der Waals surface area contributed by atoms with Crippen molar-refractivity contribution in [1.29, 1.82) is 0 Å². The van der Waals surface area contributed by atoms with E-state index >= 15 is 0 Å². The van der Waals surface area contributed by atoms with Crippen molar-refractivity contribution < 1.29 is 14.3 Å². The first-order chi connectivity index (χ1) is 12.1. The number of hydrogen-bond donors (Lipinski definition) is 3. The number of primary amides is 1. The summed E-state index contributed by atoms with van der Waals surface area (Å²) in [6.07, 6.45) is 2.70. The maximum absolute atomic E-state index is 12.3. The highest BCUT2D eigenvalue weighted by atomic mass is 16.5. The molecule has 0 aliphatic heterocycles. The molecule has 128 valence electrons. The summed E-state index contributed by atoms with van der Waals surface area (Å²) in [6, 6.07) is 14.7. The van der Waals surface area contributed by atoms with Crippen LogP contribution in [0.1, 0.15) is 15.9 Å². The zero-order valence-electron chi connectivity index (χ0n) is 13.6. The molecule has 1 aromatic heterocycles. The smallest absolute Gasteiger partial charge is 0.255 e. The lowest BCUT2D eigenvalue weighted by atomic mass is 10.1. The Kier molecular flexibility index (Phi) is 4.99. The molecule has 3 aromatic rings. The molecule has 0 bridgehead atoms. The Balaban J connectivity index is 1.57. The van der Waals surface area contributed by atoms with E-state index in [1.54, 1.807) is 24.3 Å². The van der Waals surface area contributed by atoms with Crippen LogP contribution in [-0.2, 0) is 11.2 Å². The third-order valence-corrected chi connectivity index (χ3v) is 3.83. The molecule has 0 aliphatic rings. The number of nitrogens with two attached hydrogens (primary N) is 1. The van der Waals surface area contributed by atoms with E-state index < -0.39 is 5.91 Å². The van der Waals surface area contributed by atoms with E-state index in [1.807, 2.05) is 24.4 Å².